The van der Waals surface area contributed by atoms with E-state index in [9.17, 15) is 0 Å². The Morgan fingerprint density at radius 1 is 1.35 bits per heavy atom. The second-order valence-corrected chi connectivity index (χ2v) is 5.31. The quantitative estimate of drug-likeness (QED) is 0.801. The summed E-state index contributed by atoms with van der Waals surface area (Å²) in [4.78, 5) is 9.22. The number of rotatable bonds is 4. The van der Waals surface area contributed by atoms with Crippen LogP contribution in [0.2, 0.25) is 0 Å². The number of imidazole rings is 1. The maximum atomic E-state index is 5.63. The fourth-order valence-corrected chi connectivity index (χ4v) is 2.91. The van der Waals surface area contributed by atoms with Gasteiger partial charge in [-0.1, -0.05) is 0 Å². The van der Waals surface area contributed by atoms with Gasteiger partial charge in [-0.3, -0.25) is 0 Å². The van der Waals surface area contributed by atoms with Gasteiger partial charge in [-0.2, -0.15) is 0 Å². The van der Waals surface area contributed by atoms with E-state index in [1.807, 2.05) is 23.6 Å². The minimum atomic E-state index is 0.463. The van der Waals surface area contributed by atoms with Crippen LogP contribution in [0.1, 0.15) is 11.9 Å². The first kappa shape index (κ1) is 13.1. The first-order valence-electron chi connectivity index (χ1n) is 6.46. The number of nitrogens with zero attached hydrogens (tertiary/aromatic N) is 3. The van der Waals surface area contributed by atoms with Crippen LogP contribution in [-0.4, -0.2) is 21.6 Å². The van der Waals surface area contributed by atoms with Crippen LogP contribution in [0.5, 0.6) is 5.75 Å². The van der Waals surface area contributed by atoms with Gasteiger partial charge in [0.05, 0.1) is 18.1 Å². The molecule has 0 radical (unpaired) electrons. The van der Waals surface area contributed by atoms with Crippen molar-refractivity contribution in [3.63, 3.8) is 0 Å². The molecule has 0 aliphatic rings. The third-order valence-corrected chi connectivity index (χ3v) is 4.10. The number of hydrogen-bond acceptors (Lipinski definition) is 5. The van der Waals surface area contributed by atoms with Crippen LogP contribution in [0.15, 0.2) is 23.6 Å². The second-order valence-electron chi connectivity index (χ2n) is 4.36. The summed E-state index contributed by atoms with van der Waals surface area (Å²) in [6, 6.07) is 5.93. The zero-order valence-electron chi connectivity index (χ0n) is 11.5. The van der Waals surface area contributed by atoms with Crippen molar-refractivity contribution in [1.82, 2.24) is 14.5 Å². The molecule has 0 unspecified atom stereocenters. The zero-order valence-corrected chi connectivity index (χ0v) is 12.3. The molecule has 0 saturated carbocycles. The standard InChI is InChI=1S/C14H16N4OS/c1-3-18-12-5-4-9(19-2)6-10(12)17-14(18)11-8-20-13(7-15)16-11/h4-6,8H,3,7,15H2,1-2H3. The van der Waals surface area contributed by atoms with Crippen LogP contribution in [0.3, 0.4) is 0 Å². The molecule has 0 aliphatic carbocycles. The Kier molecular flexibility index (Phi) is 3.42. The van der Waals surface area contributed by atoms with Gasteiger partial charge >= 0.3 is 0 Å². The SMILES string of the molecule is CCn1c(-c2csc(CN)n2)nc2cc(OC)ccc21. The fraction of sp³-hybridized carbons (Fsp3) is 0.286. The highest BCUT2D eigenvalue weighted by atomic mass is 32.1. The number of ether oxygens (including phenoxy) is 1. The summed E-state index contributed by atoms with van der Waals surface area (Å²) >= 11 is 1.57. The Balaban J connectivity index is 2.18. The summed E-state index contributed by atoms with van der Waals surface area (Å²) in [5, 5.41) is 2.93. The summed E-state index contributed by atoms with van der Waals surface area (Å²) in [7, 11) is 1.66. The van der Waals surface area contributed by atoms with E-state index in [-0.39, 0.29) is 0 Å². The average Bonchev–Trinajstić information content (AvgIpc) is 3.09. The number of methoxy groups -OCH3 is 1. The molecule has 0 saturated heterocycles. The molecule has 20 heavy (non-hydrogen) atoms. The van der Waals surface area contributed by atoms with Crippen molar-refractivity contribution < 1.29 is 4.74 Å². The number of thiazole rings is 1. The minimum Gasteiger partial charge on any atom is -0.497 e. The van der Waals surface area contributed by atoms with Crippen LogP contribution in [-0.2, 0) is 13.1 Å². The first-order valence-corrected chi connectivity index (χ1v) is 7.34. The largest absolute Gasteiger partial charge is 0.497 e. The van der Waals surface area contributed by atoms with Crippen LogP contribution >= 0.6 is 11.3 Å². The van der Waals surface area contributed by atoms with Crippen LogP contribution in [0.4, 0.5) is 0 Å². The van der Waals surface area contributed by atoms with E-state index in [1.165, 1.54) is 0 Å². The van der Waals surface area contributed by atoms with Crippen molar-refractivity contribution in [2.24, 2.45) is 5.73 Å². The minimum absolute atomic E-state index is 0.463. The van der Waals surface area contributed by atoms with Crippen molar-refractivity contribution in [2.45, 2.75) is 20.0 Å². The van der Waals surface area contributed by atoms with Crippen molar-refractivity contribution >= 4 is 22.4 Å². The number of nitrogens with two attached hydrogens (primary N) is 1. The van der Waals surface area contributed by atoms with Gasteiger partial charge < -0.3 is 15.0 Å². The molecule has 0 fully saturated rings. The Morgan fingerprint density at radius 3 is 2.85 bits per heavy atom. The van der Waals surface area contributed by atoms with Gasteiger partial charge in [-0.15, -0.1) is 11.3 Å². The lowest BCUT2D eigenvalue weighted by Crippen LogP contribution is -1.99. The van der Waals surface area contributed by atoms with Gasteiger partial charge in [0.15, 0.2) is 5.82 Å². The number of aryl methyl sites for hydroxylation is 1. The average molecular weight is 288 g/mol. The molecule has 0 amide bonds. The normalized spacial score (nSPS) is 11.2. The van der Waals surface area contributed by atoms with Gasteiger partial charge in [-0.05, 0) is 19.1 Å². The van der Waals surface area contributed by atoms with Crippen molar-refractivity contribution in [3.8, 4) is 17.3 Å². The topological polar surface area (TPSA) is 66.0 Å². The molecular formula is C14H16N4OS. The van der Waals surface area contributed by atoms with Gasteiger partial charge in [0.1, 0.15) is 16.5 Å². The highest BCUT2D eigenvalue weighted by Gasteiger charge is 2.14. The van der Waals surface area contributed by atoms with Crippen LogP contribution < -0.4 is 10.5 Å². The van der Waals surface area contributed by atoms with Gasteiger partial charge in [0, 0.05) is 24.5 Å². The Hall–Kier alpha value is -1.92. The third kappa shape index (κ3) is 2.07. The van der Waals surface area contributed by atoms with E-state index >= 15 is 0 Å². The number of fused-ring (bicyclic) bond motifs is 1. The van der Waals surface area contributed by atoms with E-state index in [4.69, 9.17) is 15.5 Å². The molecule has 5 nitrogen and oxygen atoms in total. The summed E-state index contributed by atoms with van der Waals surface area (Å²) in [6.45, 7) is 3.41. The molecule has 1 aromatic carbocycles. The molecule has 0 atom stereocenters. The Labute approximate surface area is 121 Å². The Morgan fingerprint density at radius 2 is 2.20 bits per heavy atom. The van der Waals surface area contributed by atoms with Gasteiger partial charge in [0.2, 0.25) is 0 Å². The predicted molar refractivity (Wildman–Crippen MR) is 81.0 cm³/mol. The van der Waals surface area contributed by atoms with Crippen LogP contribution in [0.25, 0.3) is 22.6 Å². The van der Waals surface area contributed by atoms with Gasteiger partial charge in [0.25, 0.3) is 0 Å². The van der Waals surface area contributed by atoms with E-state index in [1.54, 1.807) is 18.4 Å². The maximum absolute atomic E-state index is 5.63. The van der Waals surface area contributed by atoms with E-state index in [0.29, 0.717) is 6.54 Å². The second kappa shape index (κ2) is 5.22. The highest BCUT2D eigenvalue weighted by Crippen LogP contribution is 2.28. The molecule has 2 heterocycles. The number of aromatic nitrogens is 3. The lowest BCUT2D eigenvalue weighted by molar-refractivity contribution is 0.415. The molecule has 0 aliphatic heterocycles. The zero-order chi connectivity index (χ0) is 14.1. The molecule has 0 spiro atoms. The molecule has 6 heteroatoms. The van der Waals surface area contributed by atoms with E-state index in [2.05, 4.69) is 16.5 Å². The lowest BCUT2D eigenvalue weighted by Gasteiger charge is -2.04. The fourth-order valence-electron chi connectivity index (χ4n) is 2.26. The van der Waals surface area contributed by atoms with Crippen molar-refractivity contribution in [2.75, 3.05) is 7.11 Å². The van der Waals surface area contributed by atoms with Gasteiger partial charge in [-0.25, -0.2) is 9.97 Å². The van der Waals surface area contributed by atoms with E-state index in [0.717, 1.165) is 39.9 Å². The summed E-state index contributed by atoms with van der Waals surface area (Å²) < 4.78 is 7.41. The predicted octanol–water partition coefficient (Wildman–Crippen LogP) is 2.65. The Bertz CT molecular complexity index is 747. The molecule has 2 N–H and O–H groups in total. The first-order chi connectivity index (χ1) is 9.76. The summed E-state index contributed by atoms with van der Waals surface area (Å²) in [6.07, 6.45) is 0. The molecule has 3 rings (SSSR count). The lowest BCUT2D eigenvalue weighted by atomic mass is 10.3. The smallest absolute Gasteiger partial charge is 0.160 e. The molecular weight excluding hydrogens is 272 g/mol. The summed E-state index contributed by atoms with van der Waals surface area (Å²) in [5.41, 5.74) is 8.52. The number of benzene rings is 1. The van der Waals surface area contributed by atoms with Crippen molar-refractivity contribution in [1.29, 1.82) is 0 Å². The van der Waals surface area contributed by atoms with Crippen molar-refractivity contribution in [3.05, 3.63) is 28.6 Å². The summed E-state index contributed by atoms with van der Waals surface area (Å²) in [5.74, 6) is 1.69. The third-order valence-electron chi connectivity index (χ3n) is 3.23. The number of hydrogen-bond donors (Lipinski definition) is 1. The highest BCUT2D eigenvalue weighted by molar-refractivity contribution is 7.09. The van der Waals surface area contributed by atoms with Crippen LogP contribution in [0, 0.1) is 0 Å². The van der Waals surface area contributed by atoms with E-state index < -0.39 is 0 Å². The molecule has 2 aromatic heterocycles. The monoisotopic (exact) mass is 288 g/mol. The molecule has 0 bridgehead atoms. The molecule has 3 aromatic rings. The molecule has 104 valence electrons. The maximum Gasteiger partial charge on any atom is 0.160 e.